The number of carbonyl (C=O) groups excluding carboxylic acids is 1. The largest absolute Gasteiger partial charge is 0.287 e. The lowest BCUT2D eigenvalue weighted by molar-refractivity contribution is 0.103. The number of aryl methyl sites for hydroxylation is 2. The van der Waals surface area contributed by atoms with Gasteiger partial charge in [0.2, 0.25) is 5.78 Å². The van der Waals surface area contributed by atoms with Crippen LogP contribution in [0.2, 0.25) is 0 Å². The van der Waals surface area contributed by atoms with Crippen molar-refractivity contribution in [2.45, 2.75) is 13.8 Å². The quantitative estimate of drug-likeness (QED) is 0.664. The molecule has 0 fully saturated rings. The van der Waals surface area contributed by atoms with Crippen molar-refractivity contribution in [2.75, 3.05) is 0 Å². The van der Waals surface area contributed by atoms with E-state index >= 15 is 0 Å². The molecule has 2 heterocycles. The van der Waals surface area contributed by atoms with Crippen LogP contribution in [-0.2, 0) is 0 Å². The van der Waals surface area contributed by atoms with Gasteiger partial charge in [-0.2, -0.15) is 0 Å². The number of pyridine rings is 2. The third-order valence-corrected chi connectivity index (χ3v) is 3.44. The summed E-state index contributed by atoms with van der Waals surface area (Å²) in [5.74, 6) is -0.0792. The summed E-state index contributed by atoms with van der Waals surface area (Å²) in [7, 11) is 0. The van der Waals surface area contributed by atoms with Crippen LogP contribution in [-0.4, -0.2) is 15.8 Å². The fourth-order valence-corrected chi connectivity index (χ4v) is 2.31. The minimum absolute atomic E-state index is 0.0792. The minimum atomic E-state index is -0.0792. The van der Waals surface area contributed by atoms with Crippen molar-refractivity contribution in [3.05, 3.63) is 71.2 Å². The van der Waals surface area contributed by atoms with Gasteiger partial charge in [0.05, 0.1) is 5.52 Å². The average Bonchev–Trinajstić information content (AvgIpc) is 2.47. The van der Waals surface area contributed by atoms with E-state index in [9.17, 15) is 4.79 Å². The predicted octanol–water partition coefficient (Wildman–Crippen LogP) is 3.48. The van der Waals surface area contributed by atoms with Crippen molar-refractivity contribution >= 4 is 16.7 Å². The normalized spacial score (nSPS) is 10.7. The molecule has 0 amide bonds. The van der Waals surface area contributed by atoms with E-state index in [1.54, 1.807) is 12.4 Å². The monoisotopic (exact) mass is 262 g/mol. The Morgan fingerprint density at radius 3 is 2.65 bits per heavy atom. The smallest absolute Gasteiger partial charge is 0.213 e. The molecule has 3 nitrogen and oxygen atoms in total. The molecule has 0 bridgehead atoms. The molecule has 0 saturated heterocycles. The molecule has 0 aliphatic heterocycles. The van der Waals surface area contributed by atoms with E-state index in [1.807, 2.05) is 50.2 Å². The molecule has 0 saturated carbocycles. The highest BCUT2D eigenvalue weighted by Gasteiger charge is 2.14. The Bertz CT molecular complexity index is 809. The van der Waals surface area contributed by atoms with Crippen molar-refractivity contribution in [3.8, 4) is 0 Å². The van der Waals surface area contributed by atoms with E-state index in [0.717, 1.165) is 22.0 Å². The summed E-state index contributed by atoms with van der Waals surface area (Å²) in [4.78, 5) is 21.1. The van der Waals surface area contributed by atoms with Crippen LogP contribution in [0.3, 0.4) is 0 Å². The van der Waals surface area contributed by atoms with Gasteiger partial charge in [0.15, 0.2) is 0 Å². The minimum Gasteiger partial charge on any atom is -0.287 e. The van der Waals surface area contributed by atoms with E-state index in [2.05, 4.69) is 9.97 Å². The highest BCUT2D eigenvalue weighted by Crippen LogP contribution is 2.19. The second-order valence-corrected chi connectivity index (χ2v) is 4.86. The Labute approximate surface area is 117 Å². The molecule has 0 radical (unpaired) electrons. The first-order valence-corrected chi connectivity index (χ1v) is 6.48. The van der Waals surface area contributed by atoms with Crippen LogP contribution in [0.25, 0.3) is 10.9 Å². The maximum absolute atomic E-state index is 12.6. The third-order valence-electron chi connectivity index (χ3n) is 3.44. The zero-order valence-corrected chi connectivity index (χ0v) is 11.4. The van der Waals surface area contributed by atoms with Gasteiger partial charge in [0.1, 0.15) is 5.69 Å². The summed E-state index contributed by atoms with van der Waals surface area (Å²) in [6.45, 7) is 3.90. The number of ketones is 1. The van der Waals surface area contributed by atoms with Crippen LogP contribution >= 0.6 is 0 Å². The number of carbonyl (C=O) groups is 1. The van der Waals surface area contributed by atoms with Gasteiger partial charge in [-0.3, -0.25) is 9.78 Å². The Hall–Kier alpha value is -2.55. The molecule has 0 unspecified atom stereocenters. The molecular formula is C17H14N2O. The molecule has 0 spiro atoms. The first-order valence-electron chi connectivity index (χ1n) is 6.48. The number of para-hydroxylation sites is 1. The van der Waals surface area contributed by atoms with Gasteiger partial charge >= 0.3 is 0 Å². The molecule has 3 heteroatoms. The van der Waals surface area contributed by atoms with Gasteiger partial charge in [0.25, 0.3) is 0 Å². The van der Waals surface area contributed by atoms with Gasteiger partial charge in [0, 0.05) is 23.3 Å². The first kappa shape index (κ1) is 12.5. The van der Waals surface area contributed by atoms with Crippen molar-refractivity contribution < 1.29 is 4.79 Å². The zero-order valence-electron chi connectivity index (χ0n) is 11.4. The average molecular weight is 262 g/mol. The van der Waals surface area contributed by atoms with Crippen LogP contribution in [0.15, 0.2) is 48.8 Å². The topological polar surface area (TPSA) is 42.9 Å². The first-order chi connectivity index (χ1) is 9.66. The van der Waals surface area contributed by atoms with Gasteiger partial charge in [-0.1, -0.05) is 18.2 Å². The number of hydrogen-bond acceptors (Lipinski definition) is 3. The summed E-state index contributed by atoms with van der Waals surface area (Å²) in [5.41, 5.74) is 3.89. The number of benzene rings is 1. The second kappa shape index (κ2) is 4.85. The van der Waals surface area contributed by atoms with E-state index in [1.165, 1.54) is 0 Å². The summed E-state index contributed by atoms with van der Waals surface area (Å²) in [6.07, 6.45) is 3.29. The van der Waals surface area contributed by atoms with Crippen LogP contribution in [0, 0.1) is 13.8 Å². The standard InChI is InChI=1S/C17H14N2O/c1-11-7-8-18-10-14(11)17(20)16-9-12(2)13-5-3-4-6-15(13)19-16/h3-10H,1-2H3. The highest BCUT2D eigenvalue weighted by molar-refractivity contribution is 6.09. The lowest BCUT2D eigenvalue weighted by atomic mass is 10.0. The molecular weight excluding hydrogens is 248 g/mol. The molecule has 0 aliphatic carbocycles. The Kier molecular flexibility index (Phi) is 3.03. The second-order valence-electron chi connectivity index (χ2n) is 4.86. The lowest BCUT2D eigenvalue weighted by Gasteiger charge is -2.07. The van der Waals surface area contributed by atoms with Crippen molar-refractivity contribution in [3.63, 3.8) is 0 Å². The Morgan fingerprint density at radius 2 is 1.85 bits per heavy atom. The maximum atomic E-state index is 12.6. The van der Waals surface area contributed by atoms with Crippen LogP contribution < -0.4 is 0 Å². The molecule has 1 aromatic carbocycles. The number of nitrogens with zero attached hydrogens (tertiary/aromatic N) is 2. The highest BCUT2D eigenvalue weighted by atomic mass is 16.1. The van der Waals surface area contributed by atoms with Gasteiger partial charge in [-0.25, -0.2) is 4.98 Å². The molecule has 2 aromatic heterocycles. The summed E-state index contributed by atoms with van der Waals surface area (Å²) < 4.78 is 0. The molecule has 3 rings (SSSR count). The maximum Gasteiger partial charge on any atom is 0.213 e. The number of fused-ring (bicyclic) bond motifs is 1. The SMILES string of the molecule is Cc1ccncc1C(=O)c1cc(C)c2ccccc2n1. The van der Waals surface area contributed by atoms with E-state index in [-0.39, 0.29) is 5.78 Å². The summed E-state index contributed by atoms with van der Waals surface area (Å²) >= 11 is 0. The van der Waals surface area contributed by atoms with Crippen molar-refractivity contribution in [2.24, 2.45) is 0 Å². The summed E-state index contributed by atoms with van der Waals surface area (Å²) in [6, 6.07) is 11.5. The lowest BCUT2D eigenvalue weighted by Crippen LogP contribution is -2.07. The van der Waals surface area contributed by atoms with Gasteiger partial charge < -0.3 is 0 Å². The van der Waals surface area contributed by atoms with Crippen LogP contribution in [0.1, 0.15) is 27.2 Å². The summed E-state index contributed by atoms with van der Waals surface area (Å²) in [5, 5.41) is 1.08. The van der Waals surface area contributed by atoms with Crippen LogP contribution in [0.4, 0.5) is 0 Å². The molecule has 3 aromatic rings. The number of hydrogen-bond donors (Lipinski definition) is 0. The third kappa shape index (κ3) is 2.07. The number of rotatable bonds is 2. The van der Waals surface area contributed by atoms with E-state index in [4.69, 9.17) is 0 Å². The molecule has 20 heavy (non-hydrogen) atoms. The Morgan fingerprint density at radius 1 is 1.05 bits per heavy atom. The van der Waals surface area contributed by atoms with E-state index < -0.39 is 0 Å². The van der Waals surface area contributed by atoms with E-state index in [0.29, 0.717) is 11.3 Å². The fraction of sp³-hybridized carbons (Fsp3) is 0.118. The zero-order chi connectivity index (χ0) is 14.1. The van der Waals surface area contributed by atoms with Gasteiger partial charge in [-0.15, -0.1) is 0 Å². The van der Waals surface area contributed by atoms with Gasteiger partial charge in [-0.05, 0) is 43.2 Å². The molecule has 0 atom stereocenters. The molecule has 0 N–H and O–H groups in total. The fourth-order valence-electron chi connectivity index (χ4n) is 2.31. The van der Waals surface area contributed by atoms with Crippen molar-refractivity contribution in [1.82, 2.24) is 9.97 Å². The molecule has 0 aliphatic rings. The predicted molar refractivity (Wildman–Crippen MR) is 78.9 cm³/mol. The van der Waals surface area contributed by atoms with Crippen LogP contribution in [0.5, 0.6) is 0 Å². The van der Waals surface area contributed by atoms with Crippen molar-refractivity contribution in [1.29, 1.82) is 0 Å². The number of aromatic nitrogens is 2. The Balaban J connectivity index is 2.16. The molecule has 98 valence electrons.